The van der Waals surface area contributed by atoms with Crippen molar-refractivity contribution in [1.29, 1.82) is 0 Å². The number of hydrogen-bond acceptors (Lipinski definition) is 6. The van der Waals surface area contributed by atoms with E-state index in [2.05, 4.69) is 11.9 Å². The molecule has 5 atom stereocenters. The lowest BCUT2D eigenvalue weighted by molar-refractivity contribution is -0.144. The van der Waals surface area contributed by atoms with E-state index in [-0.39, 0.29) is 18.2 Å². The third-order valence-corrected chi connectivity index (χ3v) is 7.03. The number of aliphatic hydroxyl groups is 1. The highest BCUT2D eigenvalue weighted by Gasteiger charge is 2.41. The smallest absolute Gasteiger partial charge is 0.287 e. The molecule has 0 saturated heterocycles. The van der Waals surface area contributed by atoms with Crippen molar-refractivity contribution in [3.05, 3.63) is 24.8 Å². The Labute approximate surface area is 192 Å². The molecule has 7 nitrogen and oxygen atoms in total. The Kier molecular flexibility index (Phi) is 10.7. The van der Waals surface area contributed by atoms with Gasteiger partial charge < -0.3 is 16.2 Å². The van der Waals surface area contributed by atoms with Crippen molar-refractivity contribution in [2.24, 2.45) is 23.5 Å². The first kappa shape index (κ1) is 26.4. The number of amides is 1. The molecule has 7 heteroatoms. The predicted molar refractivity (Wildman–Crippen MR) is 126 cm³/mol. The Balaban J connectivity index is 2.10. The van der Waals surface area contributed by atoms with Gasteiger partial charge in [-0.05, 0) is 25.2 Å². The standard InChI is InChI=1S/C25H41N3O4/c1-4-11-19(23(30)24(31)27-15-5-2)17(3)22(29)20-14-10-16-28(20)25(32)21(26)18-12-8-6-7-9-13-18/h5,10,14,17-21,25,32H,2,4,6-9,11-13,15-16,26H2,1,3H3,(H,27,31)/t17?,19?,20-,21-,25?/m0/s1. The lowest BCUT2D eigenvalue weighted by Crippen LogP contribution is -2.55. The van der Waals surface area contributed by atoms with Crippen LogP contribution in [0.4, 0.5) is 0 Å². The van der Waals surface area contributed by atoms with Gasteiger partial charge in [-0.3, -0.25) is 19.3 Å². The van der Waals surface area contributed by atoms with Crippen LogP contribution >= 0.6 is 0 Å². The third kappa shape index (κ3) is 6.59. The first-order chi connectivity index (χ1) is 15.3. The monoisotopic (exact) mass is 447 g/mol. The first-order valence-electron chi connectivity index (χ1n) is 12.2. The maximum Gasteiger partial charge on any atom is 0.287 e. The fourth-order valence-corrected chi connectivity index (χ4v) is 5.03. The molecule has 4 N–H and O–H groups in total. The summed E-state index contributed by atoms with van der Waals surface area (Å²) < 4.78 is 0. The van der Waals surface area contributed by atoms with E-state index in [9.17, 15) is 19.5 Å². The van der Waals surface area contributed by atoms with Gasteiger partial charge >= 0.3 is 0 Å². The summed E-state index contributed by atoms with van der Waals surface area (Å²) in [5, 5.41) is 13.6. The van der Waals surface area contributed by atoms with Crippen molar-refractivity contribution in [3.8, 4) is 0 Å². The number of hydrogen-bond donors (Lipinski definition) is 3. The molecular formula is C25H41N3O4. The van der Waals surface area contributed by atoms with Crippen molar-refractivity contribution in [2.45, 2.75) is 83.5 Å². The highest BCUT2D eigenvalue weighted by atomic mass is 16.3. The van der Waals surface area contributed by atoms with E-state index in [4.69, 9.17) is 5.73 Å². The molecular weight excluding hydrogens is 406 g/mol. The molecule has 32 heavy (non-hydrogen) atoms. The molecule has 3 unspecified atom stereocenters. The Morgan fingerprint density at radius 3 is 2.50 bits per heavy atom. The number of aliphatic hydroxyl groups excluding tert-OH is 1. The second-order valence-electron chi connectivity index (χ2n) is 9.26. The molecule has 180 valence electrons. The number of nitrogens with zero attached hydrogens (tertiary/aromatic N) is 1. The molecule has 0 spiro atoms. The van der Waals surface area contributed by atoms with Crippen LogP contribution < -0.4 is 11.1 Å². The van der Waals surface area contributed by atoms with Crippen LogP contribution in [0.25, 0.3) is 0 Å². The number of rotatable bonds is 12. The molecule has 1 aliphatic heterocycles. The van der Waals surface area contributed by atoms with Crippen LogP contribution in [0.5, 0.6) is 0 Å². The average Bonchev–Trinajstić information content (AvgIpc) is 3.13. The van der Waals surface area contributed by atoms with Crippen LogP contribution in [0.15, 0.2) is 24.8 Å². The lowest BCUT2D eigenvalue weighted by Gasteiger charge is -2.37. The number of nitrogens with two attached hydrogens (primary N) is 1. The van der Waals surface area contributed by atoms with E-state index in [1.807, 2.05) is 13.0 Å². The maximum atomic E-state index is 13.4. The zero-order chi connectivity index (χ0) is 23.7. The summed E-state index contributed by atoms with van der Waals surface area (Å²) in [6.45, 7) is 7.82. The van der Waals surface area contributed by atoms with Crippen LogP contribution in [-0.2, 0) is 14.4 Å². The SMILES string of the molecule is C=CCNC(=O)C(=O)C(CCC)C(C)C(=O)[C@@H]1C=CCN1C(O)[C@@H](N)C1CCCCCC1. The lowest BCUT2D eigenvalue weighted by atomic mass is 9.81. The number of ketones is 2. The van der Waals surface area contributed by atoms with Crippen molar-refractivity contribution >= 4 is 17.5 Å². The zero-order valence-electron chi connectivity index (χ0n) is 19.7. The van der Waals surface area contributed by atoms with Gasteiger partial charge in [-0.1, -0.05) is 64.2 Å². The van der Waals surface area contributed by atoms with Gasteiger partial charge in [-0.15, -0.1) is 6.58 Å². The molecule has 1 heterocycles. The van der Waals surface area contributed by atoms with Gasteiger partial charge in [0.15, 0.2) is 5.78 Å². The molecule has 0 radical (unpaired) electrons. The fourth-order valence-electron chi connectivity index (χ4n) is 5.03. The number of nitrogens with one attached hydrogen (secondary N) is 1. The van der Waals surface area contributed by atoms with E-state index in [0.29, 0.717) is 19.4 Å². The predicted octanol–water partition coefficient (Wildman–Crippen LogP) is 2.34. The summed E-state index contributed by atoms with van der Waals surface area (Å²) in [7, 11) is 0. The van der Waals surface area contributed by atoms with Crippen LogP contribution in [0, 0.1) is 17.8 Å². The van der Waals surface area contributed by atoms with Gasteiger partial charge in [-0.25, -0.2) is 0 Å². The molecule has 1 aliphatic carbocycles. The minimum Gasteiger partial charge on any atom is -0.377 e. The zero-order valence-corrected chi connectivity index (χ0v) is 19.7. The van der Waals surface area contributed by atoms with Gasteiger partial charge in [0.05, 0.1) is 6.04 Å². The Morgan fingerprint density at radius 2 is 1.91 bits per heavy atom. The quantitative estimate of drug-likeness (QED) is 0.240. The summed E-state index contributed by atoms with van der Waals surface area (Å²) in [6, 6.07) is -1.06. The van der Waals surface area contributed by atoms with E-state index in [0.717, 1.165) is 25.7 Å². The van der Waals surface area contributed by atoms with Crippen LogP contribution in [0.2, 0.25) is 0 Å². The van der Waals surface area contributed by atoms with Gasteiger partial charge in [0.25, 0.3) is 5.91 Å². The minimum absolute atomic E-state index is 0.158. The summed E-state index contributed by atoms with van der Waals surface area (Å²) >= 11 is 0. The van der Waals surface area contributed by atoms with Crippen molar-refractivity contribution in [1.82, 2.24) is 10.2 Å². The molecule has 2 rings (SSSR count). The van der Waals surface area contributed by atoms with Crippen molar-refractivity contribution in [2.75, 3.05) is 13.1 Å². The Morgan fingerprint density at radius 1 is 1.25 bits per heavy atom. The average molecular weight is 448 g/mol. The summed E-state index contributed by atoms with van der Waals surface area (Å²) in [5.41, 5.74) is 6.48. The maximum absolute atomic E-state index is 13.4. The largest absolute Gasteiger partial charge is 0.377 e. The van der Waals surface area contributed by atoms with Crippen LogP contribution in [0.1, 0.15) is 65.2 Å². The molecule has 0 aromatic carbocycles. The van der Waals surface area contributed by atoms with Gasteiger partial charge in [0, 0.05) is 31.0 Å². The summed E-state index contributed by atoms with van der Waals surface area (Å²) in [5.74, 6) is -2.51. The molecule has 1 amide bonds. The molecule has 0 bridgehead atoms. The Bertz CT molecular complexity index is 685. The molecule has 1 fully saturated rings. The molecule has 2 aliphatic rings. The first-order valence-corrected chi connectivity index (χ1v) is 12.2. The van der Waals surface area contributed by atoms with Crippen molar-refractivity contribution < 1.29 is 19.5 Å². The summed E-state index contributed by atoms with van der Waals surface area (Å²) in [4.78, 5) is 40.2. The second-order valence-corrected chi connectivity index (χ2v) is 9.26. The fraction of sp³-hybridized carbons (Fsp3) is 0.720. The molecule has 1 saturated carbocycles. The molecule has 0 aromatic heterocycles. The highest BCUT2D eigenvalue weighted by molar-refractivity contribution is 6.37. The van der Waals surface area contributed by atoms with Crippen LogP contribution in [-0.4, -0.2) is 58.9 Å². The number of carbonyl (C=O) groups excluding carboxylic acids is 3. The van der Waals surface area contributed by atoms with Gasteiger partial charge in [0.1, 0.15) is 6.23 Å². The van der Waals surface area contributed by atoms with E-state index < -0.39 is 41.8 Å². The van der Waals surface area contributed by atoms with E-state index in [1.165, 1.54) is 18.9 Å². The molecule has 0 aromatic rings. The summed E-state index contributed by atoms with van der Waals surface area (Å²) in [6.07, 6.45) is 12.0. The number of carbonyl (C=O) groups is 3. The van der Waals surface area contributed by atoms with Crippen LogP contribution in [0.3, 0.4) is 0 Å². The van der Waals surface area contributed by atoms with Gasteiger partial charge in [0.2, 0.25) is 5.78 Å². The topological polar surface area (TPSA) is 113 Å². The number of Topliss-reactive ketones (excluding diaryl/α,β-unsaturated/α-hetero) is 2. The second kappa shape index (κ2) is 13.0. The third-order valence-electron chi connectivity index (χ3n) is 7.03. The Hall–Kier alpha value is -1.83. The normalized spacial score (nSPS) is 23.7. The minimum atomic E-state index is -0.925. The highest BCUT2D eigenvalue weighted by Crippen LogP contribution is 2.30. The van der Waals surface area contributed by atoms with Gasteiger partial charge in [-0.2, -0.15) is 0 Å². The van der Waals surface area contributed by atoms with Crippen molar-refractivity contribution in [3.63, 3.8) is 0 Å². The van der Waals surface area contributed by atoms with E-state index in [1.54, 1.807) is 17.9 Å². The van der Waals surface area contributed by atoms with E-state index >= 15 is 0 Å².